The maximum atomic E-state index is 10.9. The molecule has 0 unspecified atom stereocenters. The first-order chi connectivity index (χ1) is 11.5. The smallest absolute Gasteiger partial charge is 0.115 e. The monoisotopic (exact) mass is 323 g/mol. The molecule has 0 spiro atoms. The highest BCUT2D eigenvalue weighted by molar-refractivity contribution is 5.85. The molecule has 1 heterocycles. The molecule has 0 saturated heterocycles. The molecule has 24 heavy (non-hydrogen) atoms. The molecule has 3 aromatic rings. The largest absolute Gasteiger partial charge is 0.545 e. The highest BCUT2D eigenvalue weighted by atomic mass is 16.4. The van der Waals surface area contributed by atoms with E-state index in [-0.39, 0.29) is 5.56 Å². The number of carbonyl (C=O) groups excluding carboxylic acids is 1. The third-order valence-electron chi connectivity index (χ3n) is 4.37. The molecule has 0 amide bonds. The number of aryl methyl sites for hydroxylation is 2. The zero-order chi connectivity index (χ0) is 17.3. The summed E-state index contributed by atoms with van der Waals surface area (Å²) in [5.74, 6) is -0.146. The fourth-order valence-electron chi connectivity index (χ4n) is 2.88. The van der Waals surface area contributed by atoms with Crippen molar-refractivity contribution in [2.75, 3.05) is 6.54 Å². The second-order valence-corrected chi connectivity index (χ2v) is 6.13. The fraction of sp³-hybridized carbons (Fsp3) is 0.263. The molecule has 0 atom stereocenters. The maximum Gasteiger partial charge on any atom is 0.115 e. The highest BCUT2D eigenvalue weighted by Crippen LogP contribution is 2.22. The van der Waals surface area contributed by atoms with Gasteiger partial charge in [0.25, 0.3) is 0 Å². The number of carboxylic acid groups (broad SMARTS) is 1. The van der Waals surface area contributed by atoms with Crippen molar-refractivity contribution in [1.82, 2.24) is 9.55 Å². The lowest BCUT2D eigenvalue weighted by Crippen LogP contribution is -2.51. The number of imidazole rings is 1. The molecule has 0 aliphatic rings. The third-order valence-corrected chi connectivity index (χ3v) is 4.37. The van der Waals surface area contributed by atoms with Crippen LogP contribution in [0.5, 0.6) is 0 Å². The molecule has 5 nitrogen and oxygen atoms in total. The van der Waals surface area contributed by atoms with Crippen LogP contribution in [0.4, 0.5) is 0 Å². The van der Waals surface area contributed by atoms with Crippen molar-refractivity contribution in [3.05, 3.63) is 64.5 Å². The van der Waals surface area contributed by atoms with Gasteiger partial charge in [-0.3, -0.25) is 0 Å². The van der Waals surface area contributed by atoms with E-state index in [0.717, 1.165) is 35.4 Å². The Morgan fingerprint density at radius 1 is 1.17 bits per heavy atom. The van der Waals surface area contributed by atoms with Crippen LogP contribution in [0.25, 0.3) is 11.0 Å². The predicted molar refractivity (Wildman–Crippen MR) is 90.5 cm³/mol. The van der Waals surface area contributed by atoms with Crippen LogP contribution >= 0.6 is 0 Å². The molecule has 0 saturated carbocycles. The summed E-state index contributed by atoms with van der Waals surface area (Å²) in [5, 5.41) is 10.9. The second kappa shape index (κ2) is 6.45. The first-order valence-corrected chi connectivity index (χ1v) is 8.05. The summed E-state index contributed by atoms with van der Waals surface area (Å²) < 4.78 is 2.20. The van der Waals surface area contributed by atoms with Gasteiger partial charge in [0, 0.05) is 6.54 Å². The van der Waals surface area contributed by atoms with Gasteiger partial charge in [0.2, 0.25) is 0 Å². The van der Waals surface area contributed by atoms with Gasteiger partial charge in [-0.1, -0.05) is 24.3 Å². The zero-order valence-electron chi connectivity index (χ0n) is 14.0. The number of fused-ring (bicyclic) bond motifs is 1. The number of aromatic carboxylic acids is 1. The van der Waals surface area contributed by atoms with Crippen LogP contribution < -0.4 is 10.8 Å². The molecule has 0 aliphatic carbocycles. The number of quaternary nitrogens is 1. The van der Waals surface area contributed by atoms with E-state index in [1.54, 1.807) is 12.1 Å². The summed E-state index contributed by atoms with van der Waals surface area (Å²) in [7, 11) is 0. The quantitative estimate of drug-likeness (QED) is 0.755. The van der Waals surface area contributed by atoms with Crippen molar-refractivity contribution in [2.45, 2.75) is 26.8 Å². The molecule has 3 rings (SSSR count). The highest BCUT2D eigenvalue weighted by Gasteiger charge is 2.12. The first kappa shape index (κ1) is 16.2. The normalized spacial score (nSPS) is 11.1. The molecule has 1 aromatic heterocycles. The van der Waals surface area contributed by atoms with Gasteiger partial charge in [0.05, 0.1) is 30.0 Å². The molecule has 3 N–H and O–H groups in total. The molecule has 124 valence electrons. The van der Waals surface area contributed by atoms with Crippen molar-refractivity contribution in [1.29, 1.82) is 0 Å². The van der Waals surface area contributed by atoms with E-state index in [0.29, 0.717) is 6.54 Å². The summed E-state index contributed by atoms with van der Waals surface area (Å²) in [5.41, 5.74) is 9.72. The van der Waals surface area contributed by atoms with Gasteiger partial charge in [0.1, 0.15) is 5.82 Å². The standard InChI is InChI=1S/C19H21N3O2/c1-12-9-16-17(10-13(12)2)22(18(21-16)7-8-20)11-14-3-5-15(6-4-14)19(23)24/h3-6,9-10H,7-8,11,20H2,1-2H3,(H,23,24). The van der Waals surface area contributed by atoms with Gasteiger partial charge in [-0.15, -0.1) is 0 Å². The van der Waals surface area contributed by atoms with Crippen LogP contribution in [0.3, 0.4) is 0 Å². The Morgan fingerprint density at radius 3 is 2.46 bits per heavy atom. The van der Waals surface area contributed by atoms with Crippen LogP contribution in [0.1, 0.15) is 32.9 Å². The van der Waals surface area contributed by atoms with Crippen molar-refractivity contribution in [3.8, 4) is 0 Å². The number of benzene rings is 2. The van der Waals surface area contributed by atoms with Crippen molar-refractivity contribution in [2.24, 2.45) is 0 Å². The average molecular weight is 323 g/mol. The first-order valence-electron chi connectivity index (χ1n) is 8.05. The summed E-state index contributed by atoms with van der Waals surface area (Å²) in [6.07, 6.45) is 0.809. The summed E-state index contributed by atoms with van der Waals surface area (Å²) in [6, 6.07) is 11.1. The van der Waals surface area contributed by atoms with Crippen molar-refractivity contribution in [3.63, 3.8) is 0 Å². The summed E-state index contributed by atoms with van der Waals surface area (Å²) >= 11 is 0. The van der Waals surface area contributed by atoms with E-state index in [9.17, 15) is 9.90 Å². The van der Waals surface area contributed by atoms with Crippen LogP contribution in [0.2, 0.25) is 0 Å². The van der Waals surface area contributed by atoms with E-state index in [4.69, 9.17) is 4.98 Å². The SMILES string of the molecule is Cc1cc2nc(CC[NH3+])n(Cc3ccc(C(=O)[O-])cc3)c2cc1C. The van der Waals surface area contributed by atoms with Gasteiger partial charge in [0.15, 0.2) is 0 Å². The Bertz CT molecular complexity index is 895. The van der Waals surface area contributed by atoms with Crippen LogP contribution in [0.15, 0.2) is 36.4 Å². The Kier molecular flexibility index (Phi) is 4.36. The molecular weight excluding hydrogens is 302 g/mol. The minimum atomic E-state index is -1.15. The fourth-order valence-corrected chi connectivity index (χ4v) is 2.88. The number of carbonyl (C=O) groups is 1. The molecule has 0 radical (unpaired) electrons. The molecule has 5 heteroatoms. The summed E-state index contributed by atoms with van der Waals surface area (Å²) in [4.78, 5) is 15.6. The molecule has 0 aliphatic heterocycles. The number of aromatic nitrogens is 2. The van der Waals surface area contributed by atoms with E-state index in [1.165, 1.54) is 11.1 Å². The minimum absolute atomic E-state index is 0.193. The van der Waals surface area contributed by atoms with Crippen LogP contribution in [0, 0.1) is 13.8 Å². The Balaban J connectivity index is 2.04. The van der Waals surface area contributed by atoms with E-state index >= 15 is 0 Å². The Morgan fingerprint density at radius 2 is 1.83 bits per heavy atom. The van der Waals surface area contributed by atoms with Gasteiger partial charge < -0.3 is 20.2 Å². The van der Waals surface area contributed by atoms with Gasteiger partial charge >= 0.3 is 0 Å². The lowest BCUT2D eigenvalue weighted by atomic mass is 10.1. The van der Waals surface area contributed by atoms with Crippen molar-refractivity contribution < 1.29 is 15.6 Å². The minimum Gasteiger partial charge on any atom is -0.545 e. The van der Waals surface area contributed by atoms with Gasteiger partial charge in [-0.2, -0.15) is 0 Å². The molecular formula is C19H21N3O2. The second-order valence-electron chi connectivity index (χ2n) is 6.13. The molecule has 0 bridgehead atoms. The number of hydrogen-bond acceptors (Lipinski definition) is 3. The zero-order valence-corrected chi connectivity index (χ0v) is 14.0. The van der Waals surface area contributed by atoms with E-state index < -0.39 is 5.97 Å². The van der Waals surface area contributed by atoms with E-state index in [2.05, 4.69) is 36.3 Å². The van der Waals surface area contributed by atoms with Crippen LogP contribution in [-0.4, -0.2) is 22.1 Å². The Labute approximate surface area is 140 Å². The van der Waals surface area contributed by atoms with E-state index in [1.807, 2.05) is 12.1 Å². The van der Waals surface area contributed by atoms with Crippen LogP contribution in [-0.2, 0) is 13.0 Å². The summed E-state index contributed by atoms with van der Waals surface area (Å²) in [6.45, 7) is 5.63. The molecule has 0 fully saturated rings. The lowest BCUT2D eigenvalue weighted by molar-refractivity contribution is -0.366. The van der Waals surface area contributed by atoms with Gasteiger partial charge in [-0.25, -0.2) is 4.98 Å². The number of rotatable bonds is 5. The Hall–Kier alpha value is -2.66. The number of carboxylic acids is 1. The number of hydrogen-bond donors (Lipinski definition) is 1. The molecule has 2 aromatic carbocycles. The number of nitrogens with zero attached hydrogens (tertiary/aromatic N) is 2. The topological polar surface area (TPSA) is 85.6 Å². The predicted octanol–water partition coefficient (Wildman–Crippen LogP) is 0.849. The third kappa shape index (κ3) is 3.03. The van der Waals surface area contributed by atoms with Crippen molar-refractivity contribution >= 4 is 17.0 Å². The van der Waals surface area contributed by atoms with Gasteiger partial charge in [-0.05, 0) is 48.2 Å². The average Bonchev–Trinajstić information content (AvgIpc) is 2.86. The maximum absolute atomic E-state index is 10.9. The lowest BCUT2D eigenvalue weighted by Gasteiger charge is -2.10.